The Hall–Kier alpha value is -5.26. The van der Waals surface area contributed by atoms with Gasteiger partial charge in [-0.25, -0.2) is 4.79 Å². The number of nitrogen functional groups attached to an aromatic ring is 2. The summed E-state index contributed by atoms with van der Waals surface area (Å²) in [5, 5.41) is 16.3. The first-order valence-electron chi connectivity index (χ1n) is 13.7. The van der Waals surface area contributed by atoms with Crippen LogP contribution in [0, 0.1) is 0 Å². The zero-order valence-electron chi connectivity index (χ0n) is 22.8. The van der Waals surface area contributed by atoms with Crippen LogP contribution >= 0.6 is 0 Å². The number of aromatic amines is 1. The number of fused-ring (bicyclic) bond motifs is 2. The number of carboxylic acids is 1. The van der Waals surface area contributed by atoms with Crippen LogP contribution in [0.2, 0.25) is 0 Å². The molecule has 12 heteroatoms. The molecule has 0 aliphatic carbocycles. The van der Waals surface area contributed by atoms with Crippen molar-refractivity contribution in [3.63, 3.8) is 0 Å². The number of nitrogens with zero attached hydrogens (tertiary/aromatic N) is 2. The highest BCUT2D eigenvalue weighted by atomic mass is 16.4. The highest BCUT2D eigenvalue weighted by Crippen LogP contribution is 2.26. The van der Waals surface area contributed by atoms with Crippen LogP contribution in [0.25, 0.3) is 11.0 Å². The molecule has 216 valence electrons. The summed E-state index contributed by atoms with van der Waals surface area (Å²) in [5.41, 5.74) is 12.3. The van der Waals surface area contributed by atoms with Crippen LogP contribution in [-0.4, -0.2) is 55.7 Å². The van der Waals surface area contributed by atoms with Gasteiger partial charge in [-0.1, -0.05) is 36.4 Å². The summed E-state index contributed by atoms with van der Waals surface area (Å²) in [4.78, 5) is 63.6. The van der Waals surface area contributed by atoms with Crippen molar-refractivity contribution in [3.05, 3.63) is 82.5 Å². The molecule has 1 aliphatic heterocycles. The van der Waals surface area contributed by atoms with Crippen molar-refractivity contribution >= 4 is 46.4 Å². The predicted octanol–water partition coefficient (Wildman–Crippen LogP) is 2.65. The van der Waals surface area contributed by atoms with Gasteiger partial charge in [-0.05, 0) is 61.8 Å². The van der Waals surface area contributed by atoms with Crippen molar-refractivity contribution < 1.29 is 24.3 Å². The minimum Gasteiger partial charge on any atom is -0.479 e. The molecule has 1 atom stereocenters. The minimum atomic E-state index is -2.19. The largest absolute Gasteiger partial charge is 0.479 e. The van der Waals surface area contributed by atoms with Crippen molar-refractivity contribution in [2.45, 2.75) is 44.1 Å². The number of amides is 2. The van der Waals surface area contributed by atoms with E-state index < -0.39 is 29.1 Å². The molecule has 2 amide bonds. The normalized spacial score (nSPS) is 17.5. The van der Waals surface area contributed by atoms with Crippen LogP contribution in [-0.2, 0) is 17.6 Å². The molecule has 1 aliphatic rings. The van der Waals surface area contributed by atoms with Crippen LogP contribution in [0.3, 0.4) is 0 Å². The number of carbonyl (C=O) groups is 4. The van der Waals surface area contributed by atoms with Crippen LogP contribution < -0.4 is 22.1 Å². The van der Waals surface area contributed by atoms with Gasteiger partial charge in [0, 0.05) is 18.3 Å². The quantitative estimate of drug-likeness (QED) is 0.143. The summed E-state index contributed by atoms with van der Waals surface area (Å²) in [7, 11) is 0. The standard InChI is InChI=1S/C30H31N7O5/c31-24-22-19(16-34-25(22)36-29(32)35-24)7-5-6-17-10-12-18(13-11-17)23(38)30(28(41)42)14-3-4-15-33-26(39)20-8-1-2-9-21(20)27(40)37-30/h1-2,8-13,16H,3-7,14-15H2,(H,33,39)(H,37,40)(H,41,42)(H5,31,32,34,35,36)/t30-/m1/s1. The Kier molecular flexibility index (Phi) is 7.87. The van der Waals surface area contributed by atoms with E-state index in [1.807, 2.05) is 6.20 Å². The lowest BCUT2D eigenvalue weighted by molar-refractivity contribution is -0.142. The molecule has 3 heterocycles. The third-order valence-corrected chi connectivity index (χ3v) is 7.55. The number of hydrogen-bond donors (Lipinski definition) is 6. The first kappa shape index (κ1) is 28.3. The average Bonchev–Trinajstić information content (AvgIpc) is 3.37. The molecule has 0 saturated carbocycles. The monoisotopic (exact) mass is 569 g/mol. The number of ketones is 1. The molecule has 5 rings (SSSR count). The fourth-order valence-electron chi connectivity index (χ4n) is 5.34. The fourth-order valence-corrected chi connectivity index (χ4v) is 5.34. The molecule has 0 spiro atoms. The molecule has 0 saturated heterocycles. The SMILES string of the molecule is Nc1nc(N)c2c(CCCc3ccc(C(=O)[C@@]4(C(=O)O)CCCCNC(=O)c5ccccc5C(=O)N4)cc3)c[nH]c2n1. The number of H-pyrrole nitrogens is 1. The number of rotatable bonds is 7. The van der Waals surface area contributed by atoms with E-state index >= 15 is 0 Å². The molecule has 8 N–H and O–H groups in total. The summed E-state index contributed by atoms with van der Waals surface area (Å²) in [6, 6.07) is 12.8. The van der Waals surface area contributed by atoms with Crippen LogP contribution in [0.15, 0.2) is 54.7 Å². The summed E-state index contributed by atoms with van der Waals surface area (Å²) in [5.74, 6) is -2.99. The number of aliphatic carboxylic acids is 1. The third-order valence-electron chi connectivity index (χ3n) is 7.55. The zero-order chi connectivity index (χ0) is 29.9. The summed E-state index contributed by atoms with van der Waals surface area (Å²) < 4.78 is 0. The van der Waals surface area contributed by atoms with Gasteiger partial charge in [-0.15, -0.1) is 0 Å². The van der Waals surface area contributed by atoms with Crippen molar-refractivity contribution in [3.8, 4) is 0 Å². The second-order valence-electron chi connectivity index (χ2n) is 10.3. The van der Waals surface area contributed by atoms with E-state index in [1.165, 1.54) is 12.1 Å². The lowest BCUT2D eigenvalue weighted by atomic mass is 9.83. The number of anilines is 2. The van der Waals surface area contributed by atoms with Gasteiger partial charge in [-0.3, -0.25) is 14.4 Å². The maximum absolute atomic E-state index is 13.8. The molecule has 0 unspecified atom stereocenters. The van der Waals surface area contributed by atoms with Crippen LogP contribution in [0.4, 0.5) is 11.8 Å². The highest BCUT2D eigenvalue weighted by molar-refractivity contribution is 6.19. The number of aryl methyl sites for hydroxylation is 2. The van der Waals surface area contributed by atoms with Crippen LogP contribution in [0.5, 0.6) is 0 Å². The Labute approximate surface area is 240 Å². The molecular formula is C30H31N7O5. The van der Waals surface area contributed by atoms with Gasteiger partial charge >= 0.3 is 5.97 Å². The van der Waals surface area contributed by atoms with E-state index in [0.29, 0.717) is 37.1 Å². The van der Waals surface area contributed by atoms with E-state index in [1.54, 1.807) is 36.4 Å². The predicted molar refractivity (Wildman–Crippen MR) is 156 cm³/mol. The van der Waals surface area contributed by atoms with E-state index in [4.69, 9.17) is 11.5 Å². The maximum atomic E-state index is 13.8. The lowest BCUT2D eigenvalue weighted by Crippen LogP contribution is -2.60. The van der Waals surface area contributed by atoms with E-state index in [0.717, 1.165) is 22.9 Å². The Morgan fingerprint density at radius 1 is 0.929 bits per heavy atom. The topological polar surface area (TPSA) is 206 Å². The second kappa shape index (κ2) is 11.7. The molecule has 4 aromatic rings. The molecule has 42 heavy (non-hydrogen) atoms. The summed E-state index contributed by atoms with van der Waals surface area (Å²) in [6.45, 7) is 0.284. The van der Waals surface area contributed by atoms with E-state index in [-0.39, 0.29) is 35.6 Å². The molecule has 0 fully saturated rings. The second-order valence-corrected chi connectivity index (χ2v) is 10.3. The number of nitrogens with one attached hydrogen (secondary N) is 3. The highest BCUT2D eigenvalue weighted by Gasteiger charge is 2.47. The summed E-state index contributed by atoms with van der Waals surface area (Å²) in [6.07, 6.45) is 4.60. The number of aromatic nitrogens is 3. The Morgan fingerprint density at radius 3 is 2.36 bits per heavy atom. The average molecular weight is 570 g/mol. The number of carboxylic acid groups (broad SMARTS) is 1. The number of hydrogen-bond acceptors (Lipinski definition) is 8. The molecule has 2 aromatic carbocycles. The first-order chi connectivity index (χ1) is 20.2. The molecule has 0 radical (unpaired) electrons. The van der Waals surface area contributed by atoms with E-state index in [9.17, 15) is 24.3 Å². The Balaban J connectivity index is 1.33. The van der Waals surface area contributed by atoms with Crippen LogP contribution in [0.1, 0.15) is 67.9 Å². The lowest BCUT2D eigenvalue weighted by Gasteiger charge is -2.29. The Bertz CT molecular complexity index is 1680. The van der Waals surface area contributed by atoms with E-state index in [2.05, 4.69) is 25.6 Å². The van der Waals surface area contributed by atoms with Crippen molar-refractivity contribution in [1.82, 2.24) is 25.6 Å². The smallest absolute Gasteiger partial charge is 0.337 e. The van der Waals surface area contributed by atoms with Gasteiger partial charge < -0.3 is 32.2 Å². The van der Waals surface area contributed by atoms with Gasteiger partial charge in [0.2, 0.25) is 11.5 Å². The molecule has 0 bridgehead atoms. The van der Waals surface area contributed by atoms with Gasteiger partial charge in [0.05, 0.1) is 16.5 Å². The number of Topliss-reactive ketones (excluding diaryl/α,β-unsaturated/α-hetero) is 1. The number of carbonyl (C=O) groups excluding carboxylic acids is 3. The van der Waals surface area contributed by atoms with Gasteiger partial charge in [0.15, 0.2) is 5.78 Å². The minimum absolute atomic E-state index is 0.00217. The first-order valence-corrected chi connectivity index (χ1v) is 13.7. The molecule has 2 aromatic heterocycles. The summed E-state index contributed by atoms with van der Waals surface area (Å²) >= 11 is 0. The van der Waals surface area contributed by atoms with Crippen molar-refractivity contribution in [1.29, 1.82) is 0 Å². The van der Waals surface area contributed by atoms with Crippen molar-refractivity contribution in [2.75, 3.05) is 18.0 Å². The van der Waals surface area contributed by atoms with Crippen molar-refractivity contribution in [2.24, 2.45) is 0 Å². The molecule has 12 nitrogen and oxygen atoms in total. The van der Waals surface area contributed by atoms with Gasteiger partial charge in [-0.2, -0.15) is 9.97 Å². The Morgan fingerprint density at radius 2 is 1.64 bits per heavy atom. The van der Waals surface area contributed by atoms with Gasteiger partial charge in [0.25, 0.3) is 11.8 Å². The number of benzene rings is 2. The van der Waals surface area contributed by atoms with Gasteiger partial charge in [0.1, 0.15) is 11.5 Å². The fraction of sp³-hybridized carbons (Fsp3) is 0.267. The maximum Gasteiger partial charge on any atom is 0.337 e. The molecular weight excluding hydrogens is 538 g/mol. The third kappa shape index (κ3) is 5.51. The zero-order valence-corrected chi connectivity index (χ0v) is 22.8. The number of nitrogens with two attached hydrogens (primary N) is 2.